The van der Waals surface area contributed by atoms with Gasteiger partial charge in [0.1, 0.15) is 0 Å². The predicted molar refractivity (Wildman–Crippen MR) is 66.7 cm³/mol. The zero-order valence-electron chi connectivity index (χ0n) is 10.8. The van der Waals surface area contributed by atoms with E-state index in [4.69, 9.17) is 4.74 Å². The van der Waals surface area contributed by atoms with Gasteiger partial charge >= 0.3 is 0 Å². The molecule has 0 fully saturated rings. The molecule has 0 aliphatic rings. The van der Waals surface area contributed by atoms with E-state index in [0.29, 0.717) is 12.0 Å². The Labute approximate surface area is 102 Å². The Bertz CT molecular complexity index is 361. The van der Waals surface area contributed by atoms with Crippen LogP contribution in [0.2, 0.25) is 0 Å². The lowest BCUT2D eigenvalue weighted by Crippen LogP contribution is -2.21. The lowest BCUT2D eigenvalue weighted by molar-refractivity contribution is 0.0446. The SMILES string of the molecule is CCCCCC(C)(O)c1ccc(OC)c(F)c1. The second-order valence-electron chi connectivity index (χ2n) is 4.58. The second-order valence-corrected chi connectivity index (χ2v) is 4.58. The molecule has 1 aromatic rings. The Hall–Kier alpha value is -1.09. The number of hydrogen-bond donors (Lipinski definition) is 1. The highest BCUT2D eigenvalue weighted by molar-refractivity contribution is 5.32. The summed E-state index contributed by atoms with van der Waals surface area (Å²) in [6, 6.07) is 4.62. The van der Waals surface area contributed by atoms with E-state index in [1.54, 1.807) is 19.1 Å². The fourth-order valence-electron chi connectivity index (χ4n) is 1.86. The summed E-state index contributed by atoms with van der Waals surface area (Å²) in [6.45, 7) is 3.84. The summed E-state index contributed by atoms with van der Waals surface area (Å²) in [5.41, 5.74) is -0.366. The normalized spacial score (nSPS) is 14.4. The van der Waals surface area contributed by atoms with Gasteiger partial charge in [0.05, 0.1) is 12.7 Å². The first-order valence-electron chi connectivity index (χ1n) is 6.07. The highest BCUT2D eigenvalue weighted by Crippen LogP contribution is 2.29. The number of rotatable bonds is 6. The maximum atomic E-state index is 13.5. The van der Waals surface area contributed by atoms with Crippen LogP contribution in [0.4, 0.5) is 4.39 Å². The number of hydrogen-bond acceptors (Lipinski definition) is 2. The molecule has 0 heterocycles. The molecule has 1 N–H and O–H groups in total. The van der Waals surface area contributed by atoms with Crippen LogP contribution in [-0.4, -0.2) is 12.2 Å². The minimum Gasteiger partial charge on any atom is -0.494 e. The standard InChI is InChI=1S/C14H21FO2/c1-4-5-6-9-14(2,16)11-7-8-13(17-3)12(15)10-11/h7-8,10,16H,4-6,9H2,1-3H3. The van der Waals surface area contributed by atoms with Crippen LogP contribution in [0.1, 0.15) is 45.1 Å². The van der Waals surface area contributed by atoms with Crippen molar-refractivity contribution in [2.24, 2.45) is 0 Å². The number of ether oxygens (including phenoxy) is 1. The van der Waals surface area contributed by atoms with Crippen LogP contribution in [0.15, 0.2) is 18.2 Å². The van der Waals surface area contributed by atoms with E-state index in [1.165, 1.54) is 13.2 Å². The molecular formula is C14H21FO2. The van der Waals surface area contributed by atoms with Gasteiger partial charge < -0.3 is 9.84 Å². The zero-order chi connectivity index (χ0) is 12.9. The molecule has 0 spiro atoms. The molecule has 0 bridgehead atoms. The molecule has 2 nitrogen and oxygen atoms in total. The molecule has 96 valence electrons. The van der Waals surface area contributed by atoms with Gasteiger partial charge in [0.15, 0.2) is 11.6 Å². The largest absolute Gasteiger partial charge is 0.494 e. The molecule has 0 aliphatic heterocycles. The van der Waals surface area contributed by atoms with E-state index in [2.05, 4.69) is 6.92 Å². The minimum atomic E-state index is -0.970. The summed E-state index contributed by atoms with van der Waals surface area (Å²) >= 11 is 0. The molecule has 0 amide bonds. The quantitative estimate of drug-likeness (QED) is 0.769. The lowest BCUT2D eigenvalue weighted by atomic mass is 9.90. The molecule has 0 radical (unpaired) electrons. The lowest BCUT2D eigenvalue weighted by Gasteiger charge is -2.24. The van der Waals surface area contributed by atoms with Crippen molar-refractivity contribution in [1.82, 2.24) is 0 Å². The number of methoxy groups -OCH3 is 1. The summed E-state index contributed by atoms with van der Waals surface area (Å²) < 4.78 is 18.4. The third-order valence-electron chi connectivity index (χ3n) is 3.04. The smallest absolute Gasteiger partial charge is 0.165 e. The first kappa shape index (κ1) is 14.0. The van der Waals surface area contributed by atoms with Gasteiger partial charge in [0.2, 0.25) is 0 Å². The van der Waals surface area contributed by atoms with Gasteiger partial charge in [-0.2, -0.15) is 0 Å². The van der Waals surface area contributed by atoms with Crippen LogP contribution in [-0.2, 0) is 5.60 Å². The third-order valence-corrected chi connectivity index (χ3v) is 3.04. The van der Waals surface area contributed by atoms with E-state index in [0.717, 1.165) is 19.3 Å². The maximum absolute atomic E-state index is 13.5. The van der Waals surface area contributed by atoms with Gasteiger partial charge in [-0.05, 0) is 31.0 Å². The Morgan fingerprint density at radius 2 is 2.06 bits per heavy atom. The Morgan fingerprint density at radius 1 is 1.35 bits per heavy atom. The van der Waals surface area contributed by atoms with Crippen LogP contribution < -0.4 is 4.74 Å². The van der Waals surface area contributed by atoms with Crippen molar-refractivity contribution in [3.8, 4) is 5.75 Å². The van der Waals surface area contributed by atoms with Crippen molar-refractivity contribution in [3.63, 3.8) is 0 Å². The van der Waals surface area contributed by atoms with Crippen molar-refractivity contribution < 1.29 is 14.2 Å². The minimum absolute atomic E-state index is 0.207. The summed E-state index contributed by atoms with van der Waals surface area (Å²) in [7, 11) is 1.43. The average molecular weight is 240 g/mol. The van der Waals surface area contributed by atoms with E-state index < -0.39 is 11.4 Å². The molecule has 0 saturated heterocycles. The van der Waals surface area contributed by atoms with Crippen LogP contribution in [0.3, 0.4) is 0 Å². The Balaban J connectivity index is 2.80. The molecular weight excluding hydrogens is 219 g/mol. The zero-order valence-corrected chi connectivity index (χ0v) is 10.8. The molecule has 1 atom stereocenters. The van der Waals surface area contributed by atoms with Crippen LogP contribution in [0, 0.1) is 5.82 Å². The van der Waals surface area contributed by atoms with Crippen molar-refractivity contribution in [1.29, 1.82) is 0 Å². The third kappa shape index (κ3) is 3.70. The first-order valence-corrected chi connectivity index (χ1v) is 6.07. The molecule has 0 aliphatic carbocycles. The van der Waals surface area contributed by atoms with Crippen molar-refractivity contribution in [2.45, 2.75) is 45.1 Å². The van der Waals surface area contributed by atoms with Gasteiger partial charge in [0, 0.05) is 0 Å². The van der Waals surface area contributed by atoms with Crippen LogP contribution in [0.5, 0.6) is 5.75 Å². The van der Waals surface area contributed by atoms with E-state index in [1.807, 2.05) is 0 Å². The highest BCUT2D eigenvalue weighted by Gasteiger charge is 2.23. The monoisotopic (exact) mass is 240 g/mol. The fraction of sp³-hybridized carbons (Fsp3) is 0.571. The van der Waals surface area contributed by atoms with Crippen LogP contribution in [0.25, 0.3) is 0 Å². The number of unbranched alkanes of at least 4 members (excludes halogenated alkanes) is 2. The summed E-state index contributed by atoms with van der Waals surface area (Å²) in [5.74, 6) is -0.223. The van der Waals surface area contributed by atoms with E-state index in [-0.39, 0.29) is 5.75 Å². The Kier molecular flexibility index (Phi) is 4.94. The number of aliphatic hydroxyl groups is 1. The molecule has 3 heteroatoms. The number of halogens is 1. The topological polar surface area (TPSA) is 29.5 Å². The predicted octanol–water partition coefficient (Wildman–Crippen LogP) is 3.62. The van der Waals surface area contributed by atoms with Gasteiger partial charge in [-0.25, -0.2) is 4.39 Å². The maximum Gasteiger partial charge on any atom is 0.165 e. The average Bonchev–Trinajstić information content (AvgIpc) is 2.29. The van der Waals surface area contributed by atoms with Gasteiger partial charge in [-0.15, -0.1) is 0 Å². The van der Waals surface area contributed by atoms with Gasteiger partial charge in [-0.1, -0.05) is 32.3 Å². The summed E-state index contributed by atoms with van der Waals surface area (Å²) in [4.78, 5) is 0. The van der Waals surface area contributed by atoms with Gasteiger partial charge in [-0.3, -0.25) is 0 Å². The molecule has 1 aromatic carbocycles. The van der Waals surface area contributed by atoms with Gasteiger partial charge in [0.25, 0.3) is 0 Å². The van der Waals surface area contributed by atoms with Crippen molar-refractivity contribution in [3.05, 3.63) is 29.6 Å². The van der Waals surface area contributed by atoms with E-state index in [9.17, 15) is 9.50 Å². The summed E-state index contributed by atoms with van der Waals surface area (Å²) in [5, 5.41) is 10.3. The molecule has 0 saturated carbocycles. The molecule has 1 unspecified atom stereocenters. The van der Waals surface area contributed by atoms with E-state index >= 15 is 0 Å². The molecule has 0 aromatic heterocycles. The van der Waals surface area contributed by atoms with Crippen molar-refractivity contribution >= 4 is 0 Å². The molecule has 17 heavy (non-hydrogen) atoms. The second kappa shape index (κ2) is 6.01. The first-order chi connectivity index (χ1) is 8.01. The van der Waals surface area contributed by atoms with Crippen LogP contribution >= 0.6 is 0 Å². The fourth-order valence-corrected chi connectivity index (χ4v) is 1.86. The summed E-state index contributed by atoms with van der Waals surface area (Å²) in [6.07, 6.45) is 3.77. The Morgan fingerprint density at radius 3 is 2.59 bits per heavy atom. The highest BCUT2D eigenvalue weighted by atomic mass is 19.1. The number of benzene rings is 1. The molecule has 1 rings (SSSR count). The van der Waals surface area contributed by atoms with Crippen molar-refractivity contribution in [2.75, 3.05) is 7.11 Å².